The lowest BCUT2D eigenvalue weighted by Crippen LogP contribution is -2.18. The van der Waals surface area contributed by atoms with Gasteiger partial charge in [-0.25, -0.2) is 0 Å². The van der Waals surface area contributed by atoms with E-state index in [1.54, 1.807) is 0 Å². The van der Waals surface area contributed by atoms with Gasteiger partial charge in [0.1, 0.15) is 0 Å². The van der Waals surface area contributed by atoms with E-state index in [0.29, 0.717) is 0 Å². The van der Waals surface area contributed by atoms with Crippen LogP contribution in [-0.2, 0) is 7.05 Å². The zero-order valence-corrected chi connectivity index (χ0v) is 11.0. The van der Waals surface area contributed by atoms with Gasteiger partial charge < -0.3 is 5.32 Å². The smallest absolute Gasteiger partial charge is 0.0644 e. The molecule has 1 unspecified atom stereocenters. The lowest BCUT2D eigenvalue weighted by Gasteiger charge is -2.16. The molecule has 0 spiro atoms. The normalized spacial score (nSPS) is 12.7. The Bertz CT molecular complexity index is 519. The largest absolute Gasteiger partial charge is 0.309 e. The molecule has 0 aliphatic heterocycles. The molecule has 2 rings (SSSR count). The van der Waals surface area contributed by atoms with Gasteiger partial charge in [-0.1, -0.05) is 23.7 Å². The van der Waals surface area contributed by atoms with Crippen molar-refractivity contribution in [3.8, 4) is 0 Å². The van der Waals surface area contributed by atoms with Gasteiger partial charge in [0.15, 0.2) is 0 Å². The molecule has 1 N–H and O–H groups in total. The second-order valence-electron chi connectivity index (χ2n) is 4.12. The van der Waals surface area contributed by atoms with Crippen LogP contribution in [0.2, 0.25) is 5.02 Å². The molecule has 4 heteroatoms. The summed E-state index contributed by atoms with van der Waals surface area (Å²) in [4.78, 5) is 0. The van der Waals surface area contributed by atoms with Gasteiger partial charge >= 0.3 is 0 Å². The van der Waals surface area contributed by atoms with Gasteiger partial charge in [0.25, 0.3) is 0 Å². The van der Waals surface area contributed by atoms with Crippen molar-refractivity contribution in [3.63, 3.8) is 0 Å². The number of benzene rings is 1. The molecule has 90 valence electrons. The van der Waals surface area contributed by atoms with Crippen LogP contribution < -0.4 is 5.32 Å². The van der Waals surface area contributed by atoms with Crippen molar-refractivity contribution in [2.75, 3.05) is 7.05 Å². The predicted octanol–water partition coefficient (Wildman–Crippen LogP) is 2.69. The molecule has 0 aliphatic carbocycles. The second-order valence-corrected chi connectivity index (χ2v) is 4.56. The van der Waals surface area contributed by atoms with E-state index in [2.05, 4.69) is 16.5 Å². The summed E-state index contributed by atoms with van der Waals surface area (Å²) in [7, 11) is 3.87. The van der Waals surface area contributed by atoms with Crippen LogP contribution in [0.4, 0.5) is 0 Å². The first kappa shape index (κ1) is 12.1. The van der Waals surface area contributed by atoms with Crippen LogP contribution in [0, 0.1) is 6.92 Å². The molecule has 1 aromatic carbocycles. The molecule has 0 radical (unpaired) electrons. The maximum atomic E-state index is 6.03. The van der Waals surface area contributed by atoms with Crippen LogP contribution in [0.5, 0.6) is 0 Å². The van der Waals surface area contributed by atoms with Gasteiger partial charge in [0.05, 0.1) is 11.7 Å². The Hall–Kier alpha value is -1.32. The molecule has 0 fully saturated rings. The van der Waals surface area contributed by atoms with Crippen LogP contribution in [0.25, 0.3) is 0 Å². The first-order valence-electron chi connectivity index (χ1n) is 5.54. The lowest BCUT2D eigenvalue weighted by molar-refractivity contribution is 0.687. The van der Waals surface area contributed by atoms with Crippen LogP contribution in [0.15, 0.2) is 30.5 Å². The van der Waals surface area contributed by atoms with Crippen molar-refractivity contribution in [1.82, 2.24) is 15.1 Å². The Morgan fingerprint density at radius 3 is 2.71 bits per heavy atom. The number of rotatable bonds is 3. The highest BCUT2D eigenvalue weighted by Gasteiger charge is 2.16. The first-order valence-corrected chi connectivity index (χ1v) is 5.92. The molecule has 2 aromatic rings. The number of nitrogens with one attached hydrogen (secondary N) is 1. The number of halogens is 1. The number of nitrogens with zero attached hydrogens (tertiary/aromatic N) is 2. The Morgan fingerprint density at radius 1 is 1.41 bits per heavy atom. The van der Waals surface area contributed by atoms with Crippen molar-refractivity contribution in [3.05, 3.63) is 52.3 Å². The summed E-state index contributed by atoms with van der Waals surface area (Å²) in [6.07, 6.45) is 2.04. The summed E-state index contributed by atoms with van der Waals surface area (Å²) in [6.45, 7) is 2.02. The SMILES string of the molecule is CNC(c1cccc(Cl)c1)c1cn(C)nc1C. The van der Waals surface area contributed by atoms with Crippen LogP contribution in [0.3, 0.4) is 0 Å². The number of hydrogen-bond donors (Lipinski definition) is 1. The molecular formula is C13H16ClN3. The van der Waals surface area contributed by atoms with E-state index in [9.17, 15) is 0 Å². The third-order valence-corrected chi connectivity index (χ3v) is 3.07. The Balaban J connectivity index is 2.43. The fourth-order valence-electron chi connectivity index (χ4n) is 2.09. The van der Waals surface area contributed by atoms with Crippen molar-refractivity contribution in [2.45, 2.75) is 13.0 Å². The summed E-state index contributed by atoms with van der Waals surface area (Å²) in [5.41, 5.74) is 3.36. The number of aromatic nitrogens is 2. The van der Waals surface area contributed by atoms with E-state index in [0.717, 1.165) is 16.3 Å². The van der Waals surface area contributed by atoms with Gasteiger partial charge in [-0.2, -0.15) is 5.10 Å². The van der Waals surface area contributed by atoms with Gasteiger partial charge in [-0.15, -0.1) is 0 Å². The van der Waals surface area contributed by atoms with Crippen molar-refractivity contribution < 1.29 is 0 Å². The minimum atomic E-state index is 0.127. The van der Waals surface area contributed by atoms with Crippen LogP contribution >= 0.6 is 11.6 Å². The molecule has 17 heavy (non-hydrogen) atoms. The molecule has 1 atom stereocenters. The van der Waals surface area contributed by atoms with Crippen molar-refractivity contribution in [2.24, 2.45) is 7.05 Å². The van der Waals surface area contributed by atoms with E-state index in [1.807, 2.05) is 50.1 Å². The lowest BCUT2D eigenvalue weighted by atomic mass is 10.00. The summed E-state index contributed by atoms with van der Waals surface area (Å²) >= 11 is 6.03. The summed E-state index contributed by atoms with van der Waals surface area (Å²) in [6, 6.07) is 8.03. The molecule has 0 amide bonds. The number of hydrogen-bond acceptors (Lipinski definition) is 2. The monoisotopic (exact) mass is 249 g/mol. The highest BCUT2D eigenvalue weighted by atomic mass is 35.5. The third-order valence-electron chi connectivity index (χ3n) is 2.83. The fraction of sp³-hybridized carbons (Fsp3) is 0.308. The summed E-state index contributed by atoms with van der Waals surface area (Å²) in [5.74, 6) is 0. The molecule has 1 heterocycles. The van der Waals surface area contributed by atoms with Crippen LogP contribution in [-0.4, -0.2) is 16.8 Å². The summed E-state index contributed by atoms with van der Waals surface area (Å²) < 4.78 is 1.83. The van der Waals surface area contributed by atoms with Crippen molar-refractivity contribution in [1.29, 1.82) is 0 Å². The van der Waals surface area contributed by atoms with E-state index in [1.165, 1.54) is 5.56 Å². The van der Waals surface area contributed by atoms with E-state index in [4.69, 9.17) is 11.6 Å². The Morgan fingerprint density at radius 2 is 2.18 bits per heavy atom. The van der Waals surface area contributed by atoms with Crippen molar-refractivity contribution >= 4 is 11.6 Å². The second kappa shape index (κ2) is 4.90. The molecule has 1 aromatic heterocycles. The molecular weight excluding hydrogens is 234 g/mol. The maximum absolute atomic E-state index is 6.03. The average Bonchev–Trinajstić information content (AvgIpc) is 2.59. The predicted molar refractivity (Wildman–Crippen MR) is 70.3 cm³/mol. The van der Waals surface area contributed by atoms with Gasteiger partial charge in [-0.05, 0) is 31.7 Å². The Kier molecular flexibility index (Phi) is 3.50. The molecule has 0 bridgehead atoms. The van der Waals surface area contributed by atoms with Gasteiger partial charge in [-0.3, -0.25) is 4.68 Å². The topological polar surface area (TPSA) is 29.9 Å². The minimum absolute atomic E-state index is 0.127. The van der Waals surface area contributed by atoms with Gasteiger partial charge in [0, 0.05) is 23.8 Å². The highest BCUT2D eigenvalue weighted by Crippen LogP contribution is 2.25. The molecule has 0 saturated heterocycles. The first-order chi connectivity index (χ1) is 8.11. The minimum Gasteiger partial charge on any atom is -0.309 e. The van der Waals surface area contributed by atoms with Gasteiger partial charge in [0.2, 0.25) is 0 Å². The highest BCUT2D eigenvalue weighted by molar-refractivity contribution is 6.30. The standard InChI is InChI=1S/C13H16ClN3/c1-9-12(8-17(3)16-9)13(15-2)10-5-4-6-11(14)7-10/h4-8,13,15H,1-3H3. The third kappa shape index (κ3) is 2.51. The maximum Gasteiger partial charge on any atom is 0.0644 e. The zero-order chi connectivity index (χ0) is 12.4. The fourth-order valence-corrected chi connectivity index (χ4v) is 2.29. The molecule has 0 aliphatic rings. The Labute approximate surface area is 106 Å². The van der Waals surface area contributed by atoms with E-state index < -0.39 is 0 Å². The van der Waals surface area contributed by atoms with Crippen LogP contribution in [0.1, 0.15) is 22.9 Å². The molecule has 0 saturated carbocycles. The van der Waals surface area contributed by atoms with E-state index >= 15 is 0 Å². The quantitative estimate of drug-likeness (QED) is 0.907. The van der Waals surface area contributed by atoms with E-state index in [-0.39, 0.29) is 6.04 Å². The summed E-state index contributed by atoms with van der Waals surface area (Å²) in [5, 5.41) is 8.43. The number of aryl methyl sites for hydroxylation is 2. The zero-order valence-electron chi connectivity index (χ0n) is 10.2. The average molecular weight is 250 g/mol. The molecule has 3 nitrogen and oxygen atoms in total.